The first-order chi connectivity index (χ1) is 12.7. The molecule has 1 aromatic rings. The number of methoxy groups -OCH3 is 1. The maximum absolute atomic E-state index is 11.0. The molecule has 1 aromatic carbocycles. The second kappa shape index (κ2) is 13.9. The predicted molar refractivity (Wildman–Crippen MR) is 103 cm³/mol. The number of nitro benzene ring substituents is 1. The molecule has 0 bridgehead atoms. The second-order valence-corrected chi connectivity index (χ2v) is 5.35. The van der Waals surface area contributed by atoms with Gasteiger partial charge in [-0.1, -0.05) is 12.1 Å². The summed E-state index contributed by atoms with van der Waals surface area (Å²) in [6.45, 7) is 6.36. The molecule has 0 aliphatic heterocycles. The van der Waals surface area contributed by atoms with E-state index in [4.69, 9.17) is 9.47 Å². The zero-order valence-corrected chi connectivity index (χ0v) is 15.5. The molecule has 0 heterocycles. The Morgan fingerprint density at radius 1 is 1.19 bits per heavy atom. The van der Waals surface area contributed by atoms with E-state index in [1.165, 1.54) is 6.07 Å². The van der Waals surface area contributed by atoms with Crippen LogP contribution in [-0.2, 0) is 9.47 Å². The Kier molecular flexibility index (Phi) is 11.5. The Bertz CT molecular complexity index is 554. The number of hydrogen-bond acceptors (Lipinski definition) is 6. The number of rotatable bonds is 13. The summed E-state index contributed by atoms with van der Waals surface area (Å²) < 4.78 is 10.3. The van der Waals surface area contributed by atoms with Crippen LogP contribution in [0.1, 0.15) is 13.3 Å². The van der Waals surface area contributed by atoms with Crippen LogP contribution < -0.4 is 16.0 Å². The lowest BCUT2D eigenvalue weighted by molar-refractivity contribution is -0.384. The van der Waals surface area contributed by atoms with E-state index in [0.29, 0.717) is 51.1 Å². The zero-order valence-electron chi connectivity index (χ0n) is 15.5. The lowest BCUT2D eigenvalue weighted by Gasteiger charge is -2.12. The van der Waals surface area contributed by atoms with Crippen LogP contribution >= 0.6 is 0 Å². The maximum Gasteiger partial charge on any atom is 0.292 e. The van der Waals surface area contributed by atoms with Gasteiger partial charge in [0.25, 0.3) is 5.69 Å². The third kappa shape index (κ3) is 9.19. The van der Waals surface area contributed by atoms with E-state index in [-0.39, 0.29) is 5.69 Å². The molecule has 0 saturated heterocycles. The van der Waals surface area contributed by atoms with Crippen molar-refractivity contribution in [3.63, 3.8) is 0 Å². The molecule has 0 atom stereocenters. The van der Waals surface area contributed by atoms with Gasteiger partial charge in [-0.2, -0.15) is 0 Å². The number of benzene rings is 1. The van der Waals surface area contributed by atoms with Crippen molar-refractivity contribution in [2.24, 2.45) is 4.99 Å². The number of nitro groups is 1. The Hall–Kier alpha value is -2.39. The standard InChI is InChI=1S/C17H29N5O4/c1-3-18-17(20-9-6-12-26-14-13-25-2)21-11-10-19-15-7-4-5-8-16(15)22(23)24/h4-5,7-8,19H,3,6,9-14H2,1-2H3,(H2,18,20,21). The summed E-state index contributed by atoms with van der Waals surface area (Å²) in [5, 5.41) is 20.4. The lowest BCUT2D eigenvalue weighted by Crippen LogP contribution is -2.39. The number of guanidine groups is 1. The van der Waals surface area contributed by atoms with Crippen LogP contribution in [0.3, 0.4) is 0 Å². The number of nitrogens with one attached hydrogen (secondary N) is 3. The van der Waals surface area contributed by atoms with Gasteiger partial charge in [-0.25, -0.2) is 0 Å². The van der Waals surface area contributed by atoms with Gasteiger partial charge in [-0.15, -0.1) is 0 Å². The highest BCUT2D eigenvalue weighted by Crippen LogP contribution is 2.22. The molecule has 0 spiro atoms. The second-order valence-electron chi connectivity index (χ2n) is 5.35. The van der Waals surface area contributed by atoms with E-state index in [1.807, 2.05) is 6.92 Å². The monoisotopic (exact) mass is 367 g/mol. The molecule has 1 rings (SSSR count). The van der Waals surface area contributed by atoms with Gasteiger partial charge in [-0.3, -0.25) is 15.1 Å². The summed E-state index contributed by atoms with van der Waals surface area (Å²) in [6.07, 6.45) is 0.828. The van der Waals surface area contributed by atoms with Gasteiger partial charge in [0, 0.05) is 46.0 Å². The molecular formula is C17H29N5O4. The number of ether oxygens (including phenoxy) is 2. The van der Waals surface area contributed by atoms with Gasteiger partial charge < -0.3 is 25.4 Å². The first kappa shape index (κ1) is 21.7. The van der Waals surface area contributed by atoms with E-state index in [9.17, 15) is 10.1 Å². The van der Waals surface area contributed by atoms with Crippen molar-refractivity contribution in [1.29, 1.82) is 0 Å². The Balaban J connectivity index is 2.30. The minimum atomic E-state index is -0.393. The first-order valence-corrected chi connectivity index (χ1v) is 8.75. The number of para-hydroxylation sites is 2. The molecule has 9 heteroatoms. The summed E-state index contributed by atoms with van der Waals surface area (Å²) in [5.41, 5.74) is 0.580. The van der Waals surface area contributed by atoms with Crippen LogP contribution in [0.5, 0.6) is 0 Å². The molecule has 0 aliphatic rings. The van der Waals surface area contributed by atoms with Gasteiger partial charge in [0.15, 0.2) is 5.96 Å². The van der Waals surface area contributed by atoms with E-state index in [0.717, 1.165) is 13.0 Å². The fourth-order valence-corrected chi connectivity index (χ4v) is 2.10. The van der Waals surface area contributed by atoms with Crippen molar-refractivity contribution in [3.05, 3.63) is 34.4 Å². The molecule has 3 N–H and O–H groups in total. The average Bonchev–Trinajstić information content (AvgIpc) is 2.64. The third-order valence-corrected chi connectivity index (χ3v) is 3.33. The van der Waals surface area contributed by atoms with Crippen LogP contribution in [0.2, 0.25) is 0 Å². The van der Waals surface area contributed by atoms with Crippen LogP contribution in [0, 0.1) is 10.1 Å². The van der Waals surface area contributed by atoms with E-state index < -0.39 is 4.92 Å². The summed E-state index contributed by atoms with van der Waals surface area (Å²) in [4.78, 5) is 15.1. The van der Waals surface area contributed by atoms with Gasteiger partial charge >= 0.3 is 0 Å². The van der Waals surface area contributed by atoms with E-state index in [1.54, 1.807) is 25.3 Å². The molecule has 0 saturated carbocycles. The van der Waals surface area contributed by atoms with Crippen LogP contribution in [0.15, 0.2) is 29.3 Å². The van der Waals surface area contributed by atoms with E-state index in [2.05, 4.69) is 20.9 Å². The SMILES string of the molecule is CCNC(=NCCCOCCOC)NCCNc1ccccc1[N+](=O)[O-]. The minimum Gasteiger partial charge on any atom is -0.382 e. The largest absolute Gasteiger partial charge is 0.382 e. The zero-order chi connectivity index (χ0) is 19.0. The summed E-state index contributed by atoms with van der Waals surface area (Å²) >= 11 is 0. The molecule has 0 aliphatic carbocycles. The van der Waals surface area contributed by atoms with Crippen LogP contribution in [0.25, 0.3) is 0 Å². The predicted octanol–water partition coefficient (Wildman–Crippen LogP) is 1.61. The summed E-state index contributed by atoms with van der Waals surface area (Å²) in [5.74, 6) is 0.716. The van der Waals surface area contributed by atoms with Crippen molar-refractivity contribution in [1.82, 2.24) is 10.6 Å². The Labute approximate surface area is 154 Å². The van der Waals surface area contributed by atoms with Crippen molar-refractivity contribution < 1.29 is 14.4 Å². The fraction of sp³-hybridized carbons (Fsp3) is 0.588. The highest BCUT2D eigenvalue weighted by molar-refractivity contribution is 5.79. The Morgan fingerprint density at radius 2 is 2.00 bits per heavy atom. The summed E-state index contributed by atoms with van der Waals surface area (Å²) in [6, 6.07) is 6.59. The molecule has 0 aromatic heterocycles. The van der Waals surface area contributed by atoms with Gasteiger partial charge in [0.1, 0.15) is 5.69 Å². The quantitative estimate of drug-likeness (QED) is 0.160. The fourth-order valence-electron chi connectivity index (χ4n) is 2.10. The van der Waals surface area contributed by atoms with Gasteiger partial charge in [0.2, 0.25) is 0 Å². The number of anilines is 1. The van der Waals surface area contributed by atoms with E-state index >= 15 is 0 Å². The highest BCUT2D eigenvalue weighted by Gasteiger charge is 2.11. The first-order valence-electron chi connectivity index (χ1n) is 8.75. The topological polar surface area (TPSA) is 110 Å². The van der Waals surface area contributed by atoms with Crippen LogP contribution in [0.4, 0.5) is 11.4 Å². The highest BCUT2D eigenvalue weighted by atomic mass is 16.6. The normalized spacial score (nSPS) is 11.2. The number of aliphatic imine (C=N–C) groups is 1. The number of hydrogen-bond donors (Lipinski definition) is 3. The smallest absolute Gasteiger partial charge is 0.292 e. The van der Waals surface area contributed by atoms with Gasteiger partial charge in [-0.05, 0) is 19.4 Å². The molecule has 146 valence electrons. The van der Waals surface area contributed by atoms with Crippen molar-refractivity contribution in [2.75, 3.05) is 58.4 Å². The van der Waals surface area contributed by atoms with Crippen molar-refractivity contribution in [3.8, 4) is 0 Å². The van der Waals surface area contributed by atoms with Crippen molar-refractivity contribution >= 4 is 17.3 Å². The molecule has 0 unspecified atom stereocenters. The third-order valence-electron chi connectivity index (χ3n) is 3.33. The minimum absolute atomic E-state index is 0.0709. The molecule has 9 nitrogen and oxygen atoms in total. The average molecular weight is 367 g/mol. The molecule has 0 amide bonds. The van der Waals surface area contributed by atoms with Crippen LogP contribution in [-0.4, -0.2) is 64.0 Å². The van der Waals surface area contributed by atoms with Gasteiger partial charge in [0.05, 0.1) is 18.1 Å². The van der Waals surface area contributed by atoms with Crippen molar-refractivity contribution in [2.45, 2.75) is 13.3 Å². The molecule has 26 heavy (non-hydrogen) atoms. The molecular weight excluding hydrogens is 338 g/mol. The maximum atomic E-state index is 11.0. The Morgan fingerprint density at radius 3 is 2.73 bits per heavy atom. The molecule has 0 radical (unpaired) electrons. The summed E-state index contributed by atoms with van der Waals surface area (Å²) in [7, 11) is 1.65. The lowest BCUT2D eigenvalue weighted by atomic mass is 10.2. The molecule has 0 fully saturated rings. The number of nitrogens with zero attached hydrogens (tertiary/aromatic N) is 2.